The number of aryl methyl sites for hydroxylation is 1. The summed E-state index contributed by atoms with van der Waals surface area (Å²) in [6, 6.07) is 6.45. The molecule has 1 aliphatic rings. The standard InChI is InChI=1S/C16H24N2O2/c1-3-18(14-5-6-14)16(19)11-20-15-7-4-12(2)10-13(15)8-9-17/h4,7,10,14H,3,5-6,8-9,11,17H2,1-2H3. The molecular formula is C16H24N2O2. The van der Waals surface area contributed by atoms with Crippen molar-refractivity contribution in [1.29, 1.82) is 0 Å². The highest BCUT2D eigenvalue weighted by molar-refractivity contribution is 5.78. The maximum absolute atomic E-state index is 12.1. The van der Waals surface area contributed by atoms with Crippen molar-refractivity contribution in [2.75, 3.05) is 19.7 Å². The minimum absolute atomic E-state index is 0.0780. The Balaban J connectivity index is 1.97. The normalized spacial score (nSPS) is 14.2. The minimum Gasteiger partial charge on any atom is -0.483 e. The Morgan fingerprint density at radius 2 is 2.20 bits per heavy atom. The molecule has 4 nitrogen and oxygen atoms in total. The maximum Gasteiger partial charge on any atom is 0.260 e. The summed E-state index contributed by atoms with van der Waals surface area (Å²) in [6.07, 6.45) is 3.02. The van der Waals surface area contributed by atoms with Crippen LogP contribution in [0.4, 0.5) is 0 Å². The number of hydrogen-bond donors (Lipinski definition) is 1. The predicted octanol–water partition coefficient (Wildman–Crippen LogP) is 1.89. The molecule has 1 saturated carbocycles. The van der Waals surface area contributed by atoms with Crippen LogP contribution in [0.15, 0.2) is 18.2 Å². The van der Waals surface area contributed by atoms with E-state index in [0.29, 0.717) is 12.6 Å². The van der Waals surface area contributed by atoms with E-state index in [0.717, 1.165) is 37.1 Å². The molecule has 1 aliphatic carbocycles. The third-order valence-corrected chi connectivity index (χ3v) is 3.63. The Morgan fingerprint density at radius 3 is 2.80 bits per heavy atom. The van der Waals surface area contributed by atoms with Gasteiger partial charge in [0.05, 0.1) is 0 Å². The number of benzene rings is 1. The molecule has 0 bridgehead atoms. The van der Waals surface area contributed by atoms with Crippen LogP contribution >= 0.6 is 0 Å². The largest absolute Gasteiger partial charge is 0.483 e. The average molecular weight is 276 g/mol. The van der Waals surface area contributed by atoms with Crippen LogP contribution in [0.25, 0.3) is 0 Å². The second-order valence-corrected chi connectivity index (χ2v) is 5.35. The van der Waals surface area contributed by atoms with Gasteiger partial charge in [0.1, 0.15) is 5.75 Å². The Hall–Kier alpha value is -1.55. The van der Waals surface area contributed by atoms with E-state index in [2.05, 4.69) is 6.07 Å². The lowest BCUT2D eigenvalue weighted by Gasteiger charge is -2.21. The van der Waals surface area contributed by atoms with Gasteiger partial charge < -0.3 is 15.4 Å². The monoisotopic (exact) mass is 276 g/mol. The topological polar surface area (TPSA) is 55.6 Å². The summed E-state index contributed by atoms with van der Waals surface area (Å²) in [6.45, 7) is 5.51. The molecule has 1 aromatic rings. The van der Waals surface area contributed by atoms with Crippen LogP contribution in [0.1, 0.15) is 30.9 Å². The van der Waals surface area contributed by atoms with Crippen LogP contribution < -0.4 is 10.5 Å². The fourth-order valence-electron chi connectivity index (χ4n) is 2.45. The van der Waals surface area contributed by atoms with Crippen molar-refractivity contribution in [3.8, 4) is 5.75 Å². The van der Waals surface area contributed by atoms with Gasteiger partial charge in [-0.05, 0) is 51.3 Å². The van der Waals surface area contributed by atoms with Crippen molar-refractivity contribution < 1.29 is 9.53 Å². The number of likely N-dealkylation sites (N-methyl/N-ethyl adjacent to an activating group) is 1. The minimum atomic E-state index is 0.0780. The lowest BCUT2D eigenvalue weighted by molar-refractivity contribution is -0.133. The smallest absolute Gasteiger partial charge is 0.260 e. The number of nitrogens with zero attached hydrogens (tertiary/aromatic N) is 1. The van der Waals surface area contributed by atoms with Gasteiger partial charge in [0, 0.05) is 12.6 Å². The molecule has 0 spiro atoms. The lowest BCUT2D eigenvalue weighted by atomic mass is 10.1. The van der Waals surface area contributed by atoms with Gasteiger partial charge in [-0.3, -0.25) is 4.79 Å². The number of nitrogens with two attached hydrogens (primary N) is 1. The summed E-state index contributed by atoms with van der Waals surface area (Å²) in [7, 11) is 0. The third-order valence-electron chi connectivity index (χ3n) is 3.63. The number of rotatable bonds is 7. The number of ether oxygens (including phenoxy) is 1. The summed E-state index contributed by atoms with van der Waals surface area (Å²) in [4.78, 5) is 14.1. The molecule has 0 aliphatic heterocycles. The number of hydrogen-bond acceptors (Lipinski definition) is 3. The third kappa shape index (κ3) is 3.73. The molecular weight excluding hydrogens is 252 g/mol. The number of carbonyl (C=O) groups excluding carboxylic acids is 1. The molecule has 0 radical (unpaired) electrons. The van der Waals surface area contributed by atoms with Crippen LogP contribution in [-0.2, 0) is 11.2 Å². The van der Waals surface area contributed by atoms with Crippen LogP contribution in [0.3, 0.4) is 0 Å². The van der Waals surface area contributed by atoms with Crippen molar-refractivity contribution in [1.82, 2.24) is 4.90 Å². The molecule has 4 heteroatoms. The molecule has 0 atom stereocenters. The first-order valence-electron chi connectivity index (χ1n) is 7.37. The second kappa shape index (κ2) is 6.75. The van der Waals surface area contributed by atoms with Gasteiger partial charge in [-0.25, -0.2) is 0 Å². The van der Waals surface area contributed by atoms with Gasteiger partial charge in [-0.15, -0.1) is 0 Å². The van der Waals surface area contributed by atoms with Crippen LogP contribution in [0.2, 0.25) is 0 Å². The Labute approximate surface area is 120 Å². The van der Waals surface area contributed by atoms with E-state index in [-0.39, 0.29) is 12.5 Å². The van der Waals surface area contributed by atoms with E-state index in [4.69, 9.17) is 10.5 Å². The van der Waals surface area contributed by atoms with Crippen molar-refractivity contribution in [2.24, 2.45) is 5.73 Å². The molecule has 2 N–H and O–H groups in total. The zero-order chi connectivity index (χ0) is 14.5. The summed E-state index contributed by atoms with van der Waals surface area (Å²) < 4.78 is 5.72. The SMILES string of the molecule is CCN(C(=O)COc1ccc(C)cc1CCN)C1CC1. The first-order valence-corrected chi connectivity index (χ1v) is 7.37. The van der Waals surface area contributed by atoms with E-state index >= 15 is 0 Å². The highest BCUT2D eigenvalue weighted by Crippen LogP contribution is 2.27. The molecule has 2 rings (SSSR count). The van der Waals surface area contributed by atoms with Gasteiger partial charge in [-0.2, -0.15) is 0 Å². The van der Waals surface area contributed by atoms with Gasteiger partial charge in [0.15, 0.2) is 6.61 Å². The number of carbonyl (C=O) groups is 1. The predicted molar refractivity (Wildman–Crippen MR) is 79.8 cm³/mol. The second-order valence-electron chi connectivity index (χ2n) is 5.35. The molecule has 0 saturated heterocycles. The fourth-order valence-corrected chi connectivity index (χ4v) is 2.45. The van der Waals surface area contributed by atoms with E-state index in [1.165, 1.54) is 5.56 Å². The quantitative estimate of drug-likeness (QED) is 0.827. The molecule has 0 aromatic heterocycles. The van der Waals surface area contributed by atoms with Crippen molar-refractivity contribution in [3.63, 3.8) is 0 Å². The zero-order valence-corrected chi connectivity index (χ0v) is 12.4. The molecule has 0 heterocycles. The Kier molecular flexibility index (Phi) is 5.01. The van der Waals surface area contributed by atoms with Gasteiger partial charge >= 0.3 is 0 Å². The number of amides is 1. The lowest BCUT2D eigenvalue weighted by Crippen LogP contribution is -2.36. The maximum atomic E-state index is 12.1. The van der Waals surface area contributed by atoms with Crippen molar-refractivity contribution in [3.05, 3.63) is 29.3 Å². The van der Waals surface area contributed by atoms with E-state index in [9.17, 15) is 4.79 Å². The summed E-state index contributed by atoms with van der Waals surface area (Å²) >= 11 is 0. The van der Waals surface area contributed by atoms with Crippen LogP contribution in [0.5, 0.6) is 5.75 Å². The zero-order valence-electron chi connectivity index (χ0n) is 12.4. The molecule has 1 aromatic carbocycles. The molecule has 1 fully saturated rings. The Bertz CT molecular complexity index is 470. The van der Waals surface area contributed by atoms with E-state index in [1.54, 1.807) is 0 Å². The molecule has 1 amide bonds. The van der Waals surface area contributed by atoms with Gasteiger partial charge in [0.25, 0.3) is 5.91 Å². The average Bonchev–Trinajstić information content (AvgIpc) is 3.24. The summed E-state index contributed by atoms with van der Waals surface area (Å²) in [5.41, 5.74) is 7.88. The fraction of sp³-hybridized carbons (Fsp3) is 0.562. The molecule has 20 heavy (non-hydrogen) atoms. The summed E-state index contributed by atoms with van der Waals surface area (Å²) in [5, 5.41) is 0. The van der Waals surface area contributed by atoms with E-state index < -0.39 is 0 Å². The van der Waals surface area contributed by atoms with Gasteiger partial charge in [-0.1, -0.05) is 17.7 Å². The van der Waals surface area contributed by atoms with Crippen LogP contribution in [0, 0.1) is 6.92 Å². The van der Waals surface area contributed by atoms with Crippen molar-refractivity contribution >= 4 is 5.91 Å². The van der Waals surface area contributed by atoms with Crippen LogP contribution in [-0.4, -0.2) is 36.5 Å². The first kappa shape index (κ1) is 14.9. The molecule has 110 valence electrons. The first-order chi connectivity index (χ1) is 9.65. The van der Waals surface area contributed by atoms with E-state index in [1.807, 2.05) is 30.9 Å². The highest BCUT2D eigenvalue weighted by Gasteiger charge is 2.31. The Morgan fingerprint density at radius 1 is 1.45 bits per heavy atom. The molecule has 0 unspecified atom stereocenters. The summed E-state index contributed by atoms with van der Waals surface area (Å²) in [5.74, 6) is 0.857. The van der Waals surface area contributed by atoms with Gasteiger partial charge in [0.2, 0.25) is 0 Å². The van der Waals surface area contributed by atoms with Crippen molar-refractivity contribution in [2.45, 2.75) is 39.2 Å². The highest BCUT2D eigenvalue weighted by atomic mass is 16.5.